The Balaban J connectivity index is 2.39. The first-order valence-electron chi connectivity index (χ1n) is 5.91. The van der Waals surface area contributed by atoms with E-state index in [1.807, 2.05) is 13.8 Å². The standard InChI is InChI=1S/C13H20N2O3/c1-9(2)12(7-16)15-13(17)8-18-11-5-3-10(14)4-6-11/h3-6,9,12,16H,7-8,14H2,1-2H3,(H,15,17)/t12-/m1/s1. The molecule has 0 radical (unpaired) electrons. The first kappa shape index (κ1) is 14.3. The lowest BCUT2D eigenvalue weighted by Crippen LogP contribution is -2.43. The van der Waals surface area contributed by atoms with Gasteiger partial charge in [0.25, 0.3) is 5.91 Å². The van der Waals surface area contributed by atoms with Crippen molar-refractivity contribution in [3.63, 3.8) is 0 Å². The van der Waals surface area contributed by atoms with Crippen LogP contribution >= 0.6 is 0 Å². The molecule has 100 valence electrons. The Morgan fingerprint density at radius 2 is 2.00 bits per heavy atom. The Morgan fingerprint density at radius 1 is 1.39 bits per heavy atom. The number of anilines is 1. The number of carbonyl (C=O) groups is 1. The molecule has 18 heavy (non-hydrogen) atoms. The third-order valence-corrected chi connectivity index (χ3v) is 2.60. The van der Waals surface area contributed by atoms with E-state index >= 15 is 0 Å². The van der Waals surface area contributed by atoms with Gasteiger partial charge in [0.15, 0.2) is 6.61 Å². The molecular weight excluding hydrogens is 232 g/mol. The zero-order chi connectivity index (χ0) is 13.5. The minimum atomic E-state index is -0.250. The van der Waals surface area contributed by atoms with E-state index in [0.29, 0.717) is 11.4 Å². The molecule has 0 saturated carbocycles. The Labute approximate surface area is 107 Å². The van der Waals surface area contributed by atoms with Crippen molar-refractivity contribution in [1.82, 2.24) is 5.32 Å². The van der Waals surface area contributed by atoms with Crippen LogP contribution in [0.4, 0.5) is 5.69 Å². The SMILES string of the molecule is CC(C)[C@@H](CO)NC(=O)COc1ccc(N)cc1. The van der Waals surface area contributed by atoms with Gasteiger partial charge in [-0.3, -0.25) is 4.79 Å². The summed E-state index contributed by atoms with van der Waals surface area (Å²) in [5, 5.41) is 11.8. The number of nitrogens with one attached hydrogen (secondary N) is 1. The van der Waals surface area contributed by atoms with Crippen LogP contribution in [0.25, 0.3) is 0 Å². The highest BCUT2D eigenvalue weighted by Gasteiger charge is 2.15. The van der Waals surface area contributed by atoms with Crippen LogP contribution in [0, 0.1) is 5.92 Å². The smallest absolute Gasteiger partial charge is 0.258 e. The zero-order valence-electron chi connectivity index (χ0n) is 10.7. The van der Waals surface area contributed by atoms with E-state index in [0.717, 1.165) is 0 Å². The number of hydrogen-bond acceptors (Lipinski definition) is 4. The molecule has 0 bridgehead atoms. The fourth-order valence-electron chi connectivity index (χ4n) is 1.38. The number of benzene rings is 1. The topological polar surface area (TPSA) is 84.6 Å². The number of nitrogens with two attached hydrogens (primary N) is 1. The predicted octanol–water partition coefficient (Wildman–Crippen LogP) is 0.781. The van der Waals surface area contributed by atoms with Crippen molar-refractivity contribution in [3.05, 3.63) is 24.3 Å². The summed E-state index contributed by atoms with van der Waals surface area (Å²) in [4.78, 5) is 11.6. The summed E-state index contributed by atoms with van der Waals surface area (Å²) < 4.78 is 5.30. The second-order valence-corrected chi connectivity index (χ2v) is 4.46. The van der Waals surface area contributed by atoms with Crippen LogP contribution in [0.15, 0.2) is 24.3 Å². The van der Waals surface area contributed by atoms with Gasteiger partial charge in [-0.1, -0.05) is 13.8 Å². The number of aliphatic hydroxyl groups excluding tert-OH is 1. The quantitative estimate of drug-likeness (QED) is 0.653. The van der Waals surface area contributed by atoms with Gasteiger partial charge in [-0.15, -0.1) is 0 Å². The number of hydrogen-bond donors (Lipinski definition) is 3. The molecule has 0 spiro atoms. The normalized spacial score (nSPS) is 12.2. The van der Waals surface area contributed by atoms with Gasteiger partial charge in [0.2, 0.25) is 0 Å². The van der Waals surface area contributed by atoms with Crippen LogP contribution in [0.1, 0.15) is 13.8 Å². The summed E-state index contributed by atoms with van der Waals surface area (Å²) in [6.07, 6.45) is 0. The van der Waals surface area contributed by atoms with Gasteiger partial charge in [0.05, 0.1) is 12.6 Å². The predicted molar refractivity (Wildman–Crippen MR) is 70.2 cm³/mol. The molecule has 1 rings (SSSR count). The Morgan fingerprint density at radius 3 is 2.50 bits per heavy atom. The van der Waals surface area contributed by atoms with E-state index in [4.69, 9.17) is 15.6 Å². The number of aliphatic hydroxyl groups is 1. The summed E-state index contributed by atoms with van der Waals surface area (Å²) in [5.41, 5.74) is 6.18. The van der Waals surface area contributed by atoms with Gasteiger partial charge in [-0.25, -0.2) is 0 Å². The lowest BCUT2D eigenvalue weighted by molar-refractivity contribution is -0.124. The van der Waals surface area contributed by atoms with Gasteiger partial charge in [-0.05, 0) is 30.2 Å². The highest BCUT2D eigenvalue weighted by molar-refractivity contribution is 5.77. The number of carbonyl (C=O) groups excluding carboxylic acids is 1. The van der Waals surface area contributed by atoms with Crippen LogP contribution in [-0.2, 0) is 4.79 Å². The molecule has 4 N–H and O–H groups in total. The number of nitrogen functional groups attached to an aromatic ring is 1. The maximum Gasteiger partial charge on any atom is 0.258 e. The van der Waals surface area contributed by atoms with Crippen LogP contribution in [-0.4, -0.2) is 30.3 Å². The van der Waals surface area contributed by atoms with E-state index in [-0.39, 0.29) is 31.1 Å². The minimum Gasteiger partial charge on any atom is -0.484 e. The van der Waals surface area contributed by atoms with Crippen LogP contribution in [0.5, 0.6) is 5.75 Å². The van der Waals surface area contributed by atoms with Crippen LogP contribution in [0.2, 0.25) is 0 Å². The molecule has 0 saturated heterocycles. The molecule has 0 fully saturated rings. The van der Waals surface area contributed by atoms with Crippen LogP contribution in [0.3, 0.4) is 0 Å². The largest absolute Gasteiger partial charge is 0.484 e. The van der Waals surface area contributed by atoms with Crippen molar-refractivity contribution in [2.45, 2.75) is 19.9 Å². The fourth-order valence-corrected chi connectivity index (χ4v) is 1.38. The molecule has 1 atom stereocenters. The first-order chi connectivity index (χ1) is 8.52. The van der Waals surface area contributed by atoms with E-state index in [1.54, 1.807) is 24.3 Å². The third kappa shape index (κ3) is 4.63. The number of ether oxygens (including phenoxy) is 1. The van der Waals surface area contributed by atoms with Crippen LogP contribution < -0.4 is 15.8 Å². The Bertz CT molecular complexity index is 376. The van der Waals surface area contributed by atoms with E-state index in [1.165, 1.54) is 0 Å². The van der Waals surface area contributed by atoms with E-state index < -0.39 is 0 Å². The molecule has 0 aliphatic rings. The van der Waals surface area contributed by atoms with Crippen molar-refractivity contribution >= 4 is 11.6 Å². The molecule has 1 aromatic rings. The molecule has 0 aliphatic heterocycles. The van der Waals surface area contributed by atoms with Gasteiger partial charge < -0.3 is 20.9 Å². The number of amides is 1. The lowest BCUT2D eigenvalue weighted by Gasteiger charge is -2.19. The highest BCUT2D eigenvalue weighted by atomic mass is 16.5. The van der Waals surface area contributed by atoms with E-state index in [9.17, 15) is 4.79 Å². The van der Waals surface area contributed by atoms with Gasteiger partial charge in [-0.2, -0.15) is 0 Å². The molecule has 1 aromatic carbocycles. The zero-order valence-corrected chi connectivity index (χ0v) is 10.7. The van der Waals surface area contributed by atoms with Crippen molar-refractivity contribution in [1.29, 1.82) is 0 Å². The molecule has 0 aromatic heterocycles. The molecule has 5 nitrogen and oxygen atoms in total. The maximum absolute atomic E-state index is 11.6. The van der Waals surface area contributed by atoms with Crippen molar-refractivity contribution < 1.29 is 14.6 Å². The number of rotatable bonds is 6. The third-order valence-electron chi connectivity index (χ3n) is 2.60. The molecule has 0 heterocycles. The van der Waals surface area contributed by atoms with Gasteiger partial charge in [0.1, 0.15) is 5.75 Å². The maximum atomic E-state index is 11.6. The summed E-state index contributed by atoms with van der Waals surface area (Å²) in [5.74, 6) is 0.513. The van der Waals surface area contributed by atoms with Gasteiger partial charge >= 0.3 is 0 Å². The minimum absolute atomic E-state index is 0.0763. The van der Waals surface area contributed by atoms with Crippen molar-refractivity contribution in [2.24, 2.45) is 5.92 Å². The summed E-state index contributed by atoms with van der Waals surface area (Å²) >= 11 is 0. The average Bonchev–Trinajstić information content (AvgIpc) is 2.35. The molecule has 0 aliphatic carbocycles. The second kappa shape index (κ2) is 6.86. The Kier molecular flexibility index (Phi) is 5.45. The highest BCUT2D eigenvalue weighted by Crippen LogP contribution is 2.12. The monoisotopic (exact) mass is 252 g/mol. The molecular formula is C13H20N2O3. The lowest BCUT2D eigenvalue weighted by atomic mass is 10.1. The second-order valence-electron chi connectivity index (χ2n) is 4.46. The van der Waals surface area contributed by atoms with Crippen molar-refractivity contribution in [3.8, 4) is 5.75 Å². The molecule has 5 heteroatoms. The Hall–Kier alpha value is -1.75. The fraction of sp³-hybridized carbons (Fsp3) is 0.462. The summed E-state index contributed by atoms with van der Waals surface area (Å²) in [7, 11) is 0. The average molecular weight is 252 g/mol. The van der Waals surface area contributed by atoms with Gasteiger partial charge in [0, 0.05) is 5.69 Å². The van der Waals surface area contributed by atoms with E-state index in [2.05, 4.69) is 5.32 Å². The first-order valence-corrected chi connectivity index (χ1v) is 5.91. The summed E-state index contributed by atoms with van der Waals surface area (Å²) in [6, 6.07) is 6.58. The summed E-state index contributed by atoms with van der Waals surface area (Å²) in [6.45, 7) is 3.71. The van der Waals surface area contributed by atoms with Crippen molar-refractivity contribution in [2.75, 3.05) is 18.9 Å². The molecule has 0 unspecified atom stereocenters. The molecule has 1 amide bonds.